The number of aliphatic hydroxyl groups excluding tert-OH is 2. The summed E-state index contributed by atoms with van der Waals surface area (Å²) in [5.74, 6) is 3.37. The van der Waals surface area contributed by atoms with Crippen LogP contribution in [0.2, 0.25) is 0 Å². The molecule has 0 aromatic rings. The summed E-state index contributed by atoms with van der Waals surface area (Å²) in [4.78, 5) is 0. The van der Waals surface area contributed by atoms with E-state index in [1.165, 1.54) is 31.3 Å². The minimum absolute atomic E-state index is 0.199. The van der Waals surface area contributed by atoms with Crippen LogP contribution in [0.5, 0.6) is 0 Å². The Bertz CT molecular complexity index is 538. The molecule has 4 aliphatic rings. The van der Waals surface area contributed by atoms with Crippen LogP contribution in [0.3, 0.4) is 0 Å². The molecule has 0 amide bonds. The maximum absolute atomic E-state index is 11.1. The fourth-order valence-electron chi connectivity index (χ4n) is 7.81. The van der Waals surface area contributed by atoms with Gasteiger partial charge in [-0.05, 0) is 85.4 Å². The third-order valence-corrected chi connectivity index (χ3v) is 8.99. The standard InChI is InChI=1S/C22H36O2/c1-13(2)16-5-6-17-20-18(8-10-22(16,17)4)21(3)9-7-15(23)11-14(21)12-19(20)24/h11,13,15-20,23-24H,5-10,12H2,1-4H3/t15-,16-,17+,18+,19?,20?,21+,22-/m1/s1. The zero-order valence-corrected chi connectivity index (χ0v) is 16.0. The Morgan fingerprint density at radius 1 is 1.00 bits per heavy atom. The van der Waals surface area contributed by atoms with Crippen LogP contribution < -0.4 is 0 Å². The molecule has 8 atom stereocenters. The maximum Gasteiger partial charge on any atom is 0.0724 e. The molecule has 2 nitrogen and oxygen atoms in total. The minimum atomic E-state index is -0.289. The van der Waals surface area contributed by atoms with Crippen molar-refractivity contribution < 1.29 is 10.2 Å². The summed E-state index contributed by atoms with van der Waals surface area (Å²) in [6, 6.07) is 0. The molecular formula is C22H36O2. The third-order valence-electron chi connectivity index (χ3n) is 8.99. The van der Waals surface area contributed by atoms with Crippen molar-refractivity contribution in [2.75, 3.05) is 0 Å². The average molecular weight is 333 g/mol. The van der Waals surface area contributed by atoms with E-state index in [9.17, 15) is 10.2 Å². The van der Waals surface area contributed by atoms with Crippen LogP contribution >= 0.6 is 0 Å². The second kappa shape index (κ2) is 5.58. The zero-order valence-electron chi connectivity index (χ0n) is 16.0. The molecule has 24 heavy (non-hydrogen) atoms. The van der Waals surface area contributed by atoms with Gasteiger partial charge >= 0.3 is 0 Å². The summed E-state index contributed by atoms with van der Waals surface area (Å²) in [5.41, 5.74) is 2.01. The molecule has 0 aromatic heterocycles. The van der Waals surface area contributed by atoms with Crippen LogP contribution in [0, 0.1) is 40.4 Å². The summed E-state index contributed by atoms with van der Waals surface area (Å²) in [6.07, 6.45) is 9.67. The number of hydrogen-bond acceptors (Lipinski definition) is 2. The molecule has 0 bridgehead atoms. The van der Waals surface area contributed by atoms with Crippen molar-refractivity contribution >= 4 is 0 Å². The van der Waals surface area contributed by atoms with Gasteiger partial charge in [-0.3, -0.25) is 0 Å². The van der Waals surface area contributed by atoms with E-state index < -0.39 is 0 Å². The van der Waals surface area contributed by atoms with Crippen LogP contribution in [-0.4, -0.2) is 22.4 Å². The first kappa shape index (κ1) is 17.1. The van der Waals surface area contributed by atoms with E-state index in [0.29, 0.717) is 23.2 Å². The van der Waals surface area contributed by atoms with Gasteiger partial charge in [-0.2, -0.15) is 0 Å². The Hall–Kier alpha value is -0.340. The van der Waals surface area contributed by atoms with Crippen molar-refractivity contribution in [3.63, 3.8) is 0 Å². The highest BCUT2D eigenvalue weighted by atomic mass is 16.3. The van der Waals surface area contributed by atoms with Crippen molar-refractivity contribution in [1.82, 2.24) is 0 Å². The van der Waals surface area contributed by atoms with E-state index in [-0.39, 0.29) is 17.6 Å². The second-order valence-corrected chi connectivity index (χ2v) is 10.2. The highest BCUT2D eigenvalue weighted by molar-refractivity contribution is 5.27. The summed E-state index contributed by atoms with van der Waals surface area (Å²) < 4.78 is 0. The van der Waals surface area contributed by atoms with Crippen molar-refractivity contribution in [2.24, 2.45) is 40.4 Å². The van der Waals surface area contributed by atoms with Gasteiger partial charge < -0.3 is 10.2 Å². The Morgan fingerprint density at radius 2 is 1.75 bits per heavy atom. The van der Waals surface area contributed by atoms with Gasteiger partial charge in [0.2, 0.25) is 0 Å². The lowest BCUT2D eigenvalue weighted by molar-refractivity contribution is -0.114. The van der Waals surface area contributed by atoms with E-state index in [1.54, 1.807) is 0 Å². The van der Waals surface area contributed by atoms with Crippen LogP contribution in [0.25, 0.3) is 0 Å². The lowest BCUT2D eigenvalue weighted by Crippen LogP contribution is -2.55. The molecule has 0 saturated heterocycles. The van der Waals surface area contributed by atoms with Gasteiger partial charge in [-0.25, -0.2) is 0 Å². The van der Waals surface area contributed by atoms with E-state index in [2.05, 4.69) is 33.8 Å². The van der Waals surface area contributed by atoms with Gasteiger partial charge in [0.05, 0.1) is 12.2 Å². The van der Waals surface area contributed by atoms with E-state index in [4.69, 9.17) is 0 Å². The molecule has 0 heterocycles. The van der Waals surface area contributed by atoms with Gasteiger partial charge in [-0.15, -0.1) is 0 Å². The Kier molecular flexibility index (Phi) is 3.97. The number of rotatable bonds is 1. The quantitative estimate of drug-likeness (QED) is 0.691. The second-order valence-electron chi connectivity index (χ2n) is 10.2. The first-order valence-corrected chi connectivity index (χ1v) is 10.3. The minimum Gasteiger partial charge on any atom is -0.392 e. The molecule has 0 aliphatic heterocycles. The number of aliphatic hydroxyl groups is 2. The number of fused-ring (bicyclic) bond motifs is 5. The molecule has 4 rings (SSSR count). The smallest absolute Gasteiger partial charge is 0.0724 e. The first-order chi connectivity index (χ1) is 11.3. The number of hydrogen-bond donors (Lipinski definition) is 2. The molecule has 2 N–H and O–H groups in total. The largest absolute Gasteiger partial charge is 0.392 e. The SMILES string of the molecule is CC(C)[C@H]1CC[C@H]2C3C(O)CC4=C[C@H](O)CC[C@]4(C)[C@H]3CC[C@]12C. The monoisotopic (exact) mass is 332 g/mol. The molecule has 0 spiro atoms. The zero-order chi connectivity index (χ0) is 17.3. The fourth-order valence-corrected chi connectivity index (χ4v) is 7.81. The summed E-state index contributed by atoms with van der Waals surface area (Å²) in [6.45, 7) is 9.76. The summed E-state index contributed by atoms with van der Waals surface area (Å²) in [5, 5.41) is 21.2. The Balaban J connectivity index is 1.69. The average Bonchev–Trinajstić information content (AvgIpc) is 2.86. The van der Waals surface area contributed by atoms with Crippen molar-refractivity contribution in [3.8, 4) is 0 Å². The molecule has 4 aliphatic carbocycles. The van der Waals surface area contributed by atoms with Gasteiger partial charge in [0.25, 0.3) is 0 Å². The molecular weight excluding hydrogens is 296 g/mol. The van der Waals surface area contributed by atoms with E-state index in [0.717, 1.165) is 31.1 Å². The highest BCUT2D eigenvalue weighted by Gasteiger charge is 2.61. The van der Waals surface area contributed by atoms with E-state index >= 15 is 0 Å². The van der Waals surface area contributed by atoms with Gasteiger partial charge in [0, 0.05) is 0 Å². The van der Waals surface area contributed by atoms with Gasteiger partial charge in [-0.1, -0.05) is 39.3 Å². The molecule has 2 heteroatoms. The molecule has 3 fully saturated rings. The normalized spacial score (nSPS) is 54.0. The maximum atomic E-state index is 11.1. The van der Waals surface area contributed by atoms with E-state index in [1.807, 2.05) is 0 Å². The van der Waals surface area contributed by atoms with Crippen LogP contribution in [0.1, 0.15) is 72.6 Å². The van der Waals surface area contributed by atoms with Gasteiger partial charge in [0.1, 0.15) is 0 Å². The Labute approximate surface area is 147 Å². The molecule has 0 aromatic carbocycles. The van der Waals surface area contributed by atoms with Gasteiger partial charge in [0.15, 0.2) is 0 Å². The topological polar surface area (TPSA) is 40.5 Å². The third kappa shape index (κ3) is 2.21. The lowest BCUT2D eigenvalue weighted by atomic mass is 9.45. The molecule has 3 saturated carbocycles. The van der Waals surface area contributed by atoms with Crippen molar-refractivity contribution in [2.45, 2.75) is 84.8 Å². The molecule has 2 unspecified atom stereocenters. The predicted molar refractivity (Wildman–Crippen MR) is 97.4 cm³/mol. The van der Waals surface area contributed by atoms with Crippen LogP contribution in [-0.2, 0) is 0 Å². The summed E-state index contributed by atoms with van der Waals surface area (Å²) in [7, 11) is 0. The van der Waals surface area contributed by atoms with Crippen molar-refractivity contribution in [1.29, 1.82) is 0 Å². The predicted octanol–water partition coefficient (Wildman–Crippen LogP) is 4.55. The molecule has 136 valence electrons. The first-order valence-electron chi connectivity index (χ1n) is 10.3. The fraction of sp³-hybridized carbons (Fsp3) is 0.909. The highest BCUT2D eigenvalue weighted by Crippen LogP contribution is 2.67. The van der Waals surface area contributed by atoms with Crippen molar-refractivity contribution in [3.05, 3.63) is 11.6 Å². The van der Waals surface area contributed by atoms with Crippen LogP contribution in [0.4, 0.5) is 0 Å². The summed E-state index contributed by atoms with van der Waals surface area (Å²) >= 11 is 0. The molecule has 0 radical (unpaired) electrons. The lowest BCUT2D eigenvalue weighted by Gasteiger charge is -2.60. The van der Waals surface area contributed by atoms with Crippen LogP contribution in [0.15, 0.2) is 11.6 Å². The Morgan fingerprint density at radius 3 is 2.46 bits per heavy atom.